The van der Waals surface area contributed by atoms with Crippen LogP contribution in [0.5, 0.6) is 0 Å². The van der Waals surface area contributed by atoms with E-state index in [4.69, 9.17) is 10.00 Å². The zero-order valence-electron chi connectivity index (χ0n) is 25.4. The van der Waals surface area contributed by atoms with Crippen molar-refractivity contribution in [3.8, 4) is 6.07 Å². The Kier molecular flexibility index (Phi) is 8.80. The highest BCUT2D eigenvalue weighted by Crippen LogP contribution is 2.51. The molecule has 2 aromatic carbocycles. The maximum Gasteiger partial charge on any atom is 0.407 e. The number of anilines is 1. The number of ether oxygens (including phenoxy) is 1. The number of methoxy groups -OCH3 is 1. The molecule has 1 saturated carbocycles. The minimum atomic E-state index is -1.44. The van der Waals surface area contributed by atoms with Gasteiger partial charge in [-0.05, 0) is 106 Å². The fourth-order valence-electron chi connectivity index (χ4n) is 8.49. The number of carbonyl (C=O) groups excluding carboxylic acids is 1. The number of alkyl halides is 1. The molecular weight excluding hydrogens is 567 g/mol. The van der Waals surface area contributed by atoms with E-state index in [1.807, 2.05) is 6.07 Å². The number of hydrogen-bond acceptors (Lipinski definition) is 6. The molecule has 4 fully saturated rings. The van der Waals surface area contributed by atoms with Crippen molar-refractivity contribution in [2.24, 2.45) is 11.8 Å². The third-order valence-electron chi connectivity index (χ3n) is 10.7. The molecule has 3 saturated heterocycles. The van der Waals surface area contributed by atoms with Gasteiger partial charge in [0.1, 0.15) is 11.6 Å². The first kappa shape index (κ1) is 30.7. The molecule has 0 bridgehead atoms. The summed E-state index contributed by atoms with van der Waals surface area (Å²) in [4.78, 5) is 18.7. The summed E-state index contributed by atoms with van der Waals surface area (Å²) in [7, 11) is 1.38. The van der Waals surface area contributed by atoms with E-state index in [1.54, 1.807) is 29.2 Å². The Morgan fingerprint density at radius 2 is 1.82 bits per heavy atom. The van der Waals surface area contributed by atoms with Gasteiger partial charge in [-0.3, -0.25) is 4.90 Å². The van der Waals surface area contributed by atoms with Crippen molar-refractivity contribution in [1.29, 1.82) is 5.26 Å². The maximum atomic E-state index is 15.9. The summed E-state index contributed by atoms with van der Waals surface area (Å²) in [6.07, 6.45) is 5.18. The lowest BCUT2D eigenvalue weighted by Crippen LogP contribution is -2.65. The van der Waals surface area contributed by atoms with E-state index in [9.17, 15) is 13.6 Å². The van der Waals surface area contributed by atoms with Crippen LogP contribution in [-0.4, -0.2) is 87.1 Å². The van der Waals surface area contributed by atoms with Gasteiger partial charge in [-0.1, -0.05) is 18.6 Å². The van der Waals surface area contributed by atoms with Gasteiger partial charge in [0, 0.05) is 24.5 Å². The minimum absolute atomic E-state index is 0.0669. The first-order valence-electron chi connectivity index (χ1n) is 15.9. The normalized spacial score (nSPS) is 25.4. The molecule has 1 aliphatic carbocycles. The van der Waals surface area contributed by atoms with Gasteiger partial charge in [0.2, 0.25) is 0 Å². The molecule has 7 nitrogen and oxygen atoms in total. The van der Waals surface area contributed by atoms with Gasteiger partial charge in [-0.15, -0.1) is 0 Å². The van der Waals surface area contributed by atoms with Crippen LogP contribution in [0.15, 0.2) is 42.5 Å². The number of hydrogen-bond donors (Lipinski definition) is 1. The highest BCUT2D eigenvalue weighted by molar-refractivity contribution is 5.67. The number of benzene rings is 2. The average Bonchev–Trinajstić information content (AvgIpc) is 3.44. The fourth-order valence-corrected chi connectivity index (χ4v) is 8.49. The first-order valence-corrected chi connectivity index (χ1v) is 15.9. The molecule has 4 aliphatic rings. The van der Waals surface area contributed by atoms with Gasteiger partial charge in [-0.25, -0.2) is 18.0 Å². The Morgan fingerprint density at radius 3 is 2.45 bits per heavy atom. The van der Waals surface area contributed by atoms with Gasteiger partial charge >= 0.3 is 6.09 Å². The molecule has 6 rings (SSSR count). The van der Waals surface area contributed by atoms with E-state index >= 15 is 4.39 Å². The second kappa shape index (κ2) is 12.6. The predicted octanol–water partition coefficient (Wildman–Crippen LogP) is 5.25. The highest BCUT2D eigenvalue weighted by atomic mass is 19.1. The van der Waals surface area contributed by atoms with Crippen LogP contribution in [0.2, 0.25) is 0 Å². The van der Waals surface area contributed by atoms with Gasteiger partial charge in [0.25, 0.3) is 0 Å². The number of carbonyl (C=O) groups is 1. The van der Waals surface area contributed by atoms with E-state index in [-0.39, 0.29) is 54.3 Å². The minimum Gasteiger partial charge on any atom is -0.453 e. The topological polar surface area (TPSA) is 71.8 Å². The quantitative estimate of drug-likeness (QED) is 0.419. The van der Waals surface area contributed by atoms with Crippen LogP contribution in [-0.2, 0) is 10.2 Å². The third-order valence-corrected chi connectivity index (χ3v) is 10.7. The average molecular weight is 610 g/mol. The summed E-state index contributed by atoms with van der Waals surface area (Å²) >= 11 is 0. The number of nitriles is 1. The number of nitrogens with zero attached hydrogens (tertiary/aromatic N) is 4. The number of likely N-dealkylation sites (tertiary alicyclic amines) is 2. The number of nitrogens with one attached hydrogen (secondary N) is 1. The molecule has 2 aromatic rings. The van der Waals surface area contributed by atoms with Crippen molar-refractivity contribution in [3.05, 3.63) is 65.2 Å². The van der Waals surface area contributed by atoms with E-state index in [0.29, 0.717) is 5.69 Å². The van der Waals surface area contributed by atoms with E-state index in [1.165, 1.54) is 19.2 Å². The lowest BCUT2D eigenvalue weighted by atomic mass is 9.57. The molecule has 1 amide bonds. The molecule has 236 valence electrons. The molecule has 3 aliphatic heterocycles. The molecule has 1 unspecified atom stereocenters. The van der Waals surface area contributed by atoms with Crippen molar-refractivity contribution in [2.75, 3.05) is 64.4 Å². The van der Waals surface area contributed by atoms with Crippen LogP contribution < -0.4 is 10.2 Å². The van der Waals surface area contributed by atoms with Gasteiger partial charge in [0.05, 0.1) is 37.5 Å². The van der Waals surface area contributed by atoms with Crippen LogP contribution >= 0.6 is 0 Å². The Morgan fingerprint density at radius 1 is 1.05 bits per heavy atom. The van der Waals surface area contributed by atoms with Crippen LogP contribution in [0.1, 0.15) is 49.7 Å². The van der Waals surface area contributed by atoms with Gasteiger partial charge in [0.15, 0.2) is 5.67 Å². The summed E-state index contributed by atoms with van der Waals surface area (Å²) in [5, 5.41) is 12.1. The number of halogens is 3. The molecule has 0 spiro atoms. The SMILES string of the molecule is COC(=O)N[C@H]1CCC[C@@H]1C(CN1CCC1)(c1cccc(F)c1)C1CCN(CC2(F)CN(c3ccc(C#N)cc3F)C2)CC1. The van der Waals surface area contributed by atoms with Crippen molar-refractivity contribution < 1.29 is 22.7 Å². The second-order valence-electron chi connectivity index (χ2n) is 13.3. The fraction of sp³-hybridized carbons (Fsp3) is 0.588. The summed E-state index contributed by atoms with van der Waals surface area (Å²) in [6.45, 7) is 4.78. The third kappa shape index (κ3) is 6.01. The van der Waals surface area contributed by atoms with Crippen molar-refractivity contribution in [1.82, 2.24) is 15.1 Å². The molecule has 0 radical (unpaired) electrons. The lowest BCUT2D eigenvalue weighted by molar-refractivity contribution is 0.00576. The van der Waals surface area contributed by atoms with Crippen molar-refractivity contribution in [3.63, 3.8) is 0 Å². The smallest absolute Gasteiger partial charge is 0.407 e. The number of amides is 1. The van der Waals surface area contributed by atoms with Crippen LogP contribution in [0.4, 0.5) is 23.7 Å². The Balaban J connectivity index is 1.19. The van der Waals surface area contributed by atoms with Crippen LogP contribution in [0.3, 0.4) is 0 Å². The largest absolute Gasteiger partial charge is 0.453 e. The number of piperidine rings is 1. The van der Waals surface area contributed by atoms with Crippen LogP contribution in [0.25, 0.3) is 0 Å². The summed E-state index contributed by atoms with van der Waals surface area (Å²) in [6, 6.07) is 13.2. The second-order valence-corrected chi connectivity index (χ2v) is 13.3. The number of alkyl carbamates (subject to hydrolysis) is 1. The Hall–Kier alpha value is -3.29. The summed E-state index contributed by atoms with van der Waals surface area (Å²) in [5.74, 6) is -0.409. The van der Waals surface area contributed by atoms with Gasteiger partial charge in [-0.2, -0.15) is 5.26 Å². The molecule has 1 N–H and O–H groups in total. The molecule has 44 heavy (non-hydrogen) atoms. The maximum absolute atomic E-state index is 15.9. The molecular formula is C34H42F3N5O2. The van der Waals surface area contributed by atoms with E-state index in [0.717, 1.165) is 76.8 Å². The zero-order valence-corrected chi connectivity index (χ0v) is 25.4. The van der Waals surface area contributed by atoms with Crippen molar-refractivity contribution >= 4 is 11.8 Å². The van der Waals surface area contributed by atoms with Crippen molar-refractivity contribution in [2.45, 2.75) is 55.7 Å². The summed E-state index contributed by atoms with van der Waals surface area (Å²) in [5.41, 5.74) is -0.244. The zero-order chi connectivity index (χ0) is 30.9. The number of rotatable bonds is 9. The monoisotopic (exact) mass is 609 g/mol. The highest BCUT2D eigenvalue weighted by Gasteiger charge is 2.54. The lowest BCUT2D eigenvalue weighted by Gasteiger charge is -2.54. The Labute approximate surface area is 257 Å². The van der Waals surface area contributed by atoms with Gasteiger partial charge < -0.3 is 19.9 Å². The summed E-state index contributed by atoms with van der Waals surface area (Å²) < 4.78 is 50.2. The van der Waals surface area contributed by atoms with E-state index in [2.05, 4.69) is 21.2 Å². The predicted molar refractivity (Wildman–Crippen MR) is 162 cm³/mol. The van der Waals surface area contributed by atoms with Crippen LogP contribution in [0, 0.1) is 34.8 Å². The first-order chi connectivity index (χ1) is 21.2. The molecule has 0 aromatic heterocycles. The molecule has 3 atom stereocenters. The standard InChI is InChI=1S/C34H42F3N5O2/c1-44-32(43)39-30-8-3-7-28(30)34(23-40-13-4-14-40,26-5-2-6-27(35)18-26)25-11-15-41(16-12-25)20-33(37)21-42(22-33)31-10-9-24(19-38)17-29(31)36/h2,5-6,9-10,17-18,25,28,30H,3-4,7-8,11-16,20-23H2,1H3,(H,39,43)/t28-,30-,34?/m0/s1. The van der Waals surface area contributed by atoms with E-state index < -0.39 is 17.6 Å². The molecule has 3 heterocycles. The molecule has 10 heteroatoms. The Bertz CT molecular complexity index is 1380.